The lowest BCUT2D eigenvalue weighted by Gasteiger charge is -2.11. The highest BCUT2D eigenvalue weighted by Crippen LogP contribution is 2.29. The zero-order chi connectivity index (χ0) is 12.1. The number of carbonyl (C=O) groups is 1. The van der Waals surface area contributed by atoms with Crippen LogP contribution in [0.1, 0.15) is 22.3 Å². The summed E-state index contributed by atoms with van der Waals surface area (Å²) in [6.07, 6.45) is 0.322. The monoisotopic (exact) mass is 223 g/mol. The third-order valence-electron chi connectivity index (χ3n) is 2.39. The lowest BCUT2D eigenvalue weighted by molar-refractivity contribution is 0.0982. The quantitative estimate of drug-likeness (QED) is 0.769. The van der Waals surface area contributed by atoms with Crippen LogP contribution < -0.4 is 15.2 Å². The lowest BCUT2D eigenvalue weighted by Crippen LogP contribution is -2.10. The van der Waals surface area contributed by atoms with Gasteiger partial charge in [0.25, 0.3) is 0 Å². The van der Waals surface area contributed by atoms with Crippen molar-refractivity contribution in [3.05, 3.63) is 23.3 Å². The molecule has 0 amide bonds. The van der Waals surface area contributed by atoms with Crippen molar-refractivity contribution >= 4 is 5.78 Å². The van der Waals surface area contributed by atoms with E-state index in [1.165, 1.54) is 7.11 Å². The molecule has 0 aliphatic rings. The molecule has 0 saturated heterocycles. The number of carbonyl (C=O) groups excluding carboxylic acids is 1. The Labute approximate surface area is 95.3 Å². The zero-order valence-corrected chi connectivity index (χ0v) is 9.87. The molecular formula is C12H17NO3. The number of hydrogen-bond acceptors (Lipinski definition) is 4. The summed E-state index contributed by atoms with van der Waals surface area (Å²) in [6.45, 7) is 2.23. The average molecular weight is 223 g/mol. The number of aryl methyl sites for hydroxylation is 1. The van der Waals surface area contributed by atoms with E-state index in [1.54, 1.807) is 19.2 Å². The average Bonchev–Trinajstić information content (AvgIpc) is 2.29. The van der Waals surface area contributed by atoms with Crippen molar-refractivity contribution < 1.29 is 14.3 Å². The molecule has 0 spiro atoms. The van der Waals surface area contributed by atoms with E-state index >= 15 is 0 Å². The van der Waals surface area contributed by atoms with Gasteiger partial charge in [-0.15, -0.1) is 0 Å². The molecule has 0 aliphatic heterocycles. The van der Waals surface area contributed by atoms with Gasteiger partial charge in [0.05, 0.1) is 19.8 Å². The van der Waals surface area contributed by atoms with E-state index in [9.17, 15) is 4.79 Å². The summed E-state index contributed by atoms with van der Waals surface area (Å²) in [4.78, 5) is 11.8. The first-order chi connectivity index (χ1) is 7.63. The van der Waals surface area contributed by atoms with Crippen LogP contribution in [0.25, 0.3) is 0 Å². The van der Waals surface area contributed by atoms with Crippen molar-refractivity contribution in [2.75, 3.05) is 20.8 Å². The molecule has 0 atom stereocenters. The van der Waals surface area contributed by atoms with E-state index in [2.05, 4.69) is 0 Å². The number of benzene rings is 1. The van der Waals surface area contributed by atoms with Gasteiger partial charge in [-0.2, -0.15) is 0 Å². The largest absolute Gasteiger partial charge is 0.496 e. The maximum Gasteiger partial charge on any atom is 0.167 e. The molecule has 0 aromatic heterocycles. The van der Waals surface area contributed by atoms with Crippen molar-refractivity contribution in [2.24, 2.45) is 5.73 Å². The molecule has 88 valence electrons. The van der Waals surface area contributed by atoms with Gasteiger partial charge in [-0.25, -0.2) is 0 Å². The summed E-state index contributed by atoms with van der Waals surface area (Å²) in [6, 6.07) is 3.49. The Balaban J connectivity index is 3.17. The minimum atomic E-state index is -0.00916. The van der Waals surface area contributed by atoms with Crippen molar-refractivity contribution in [2.45, 2.75) is 13.3 Å². The van der Waals surface area contributed by atoms with Gasteiger partial charge >= 0.3 is 0 Å². The maximum atomic E-state index is 11.8. The predicted octanol–water partition coefficient (Wildman–Crippen LogP) is 1.54. The van der Waals surface area contributed by atoms with E-state index < -0.39 is 0 Å². The van der Waals surface area contributed by atoms with Crippen LogP contribution in [0.15, 0.2) is 12.1 Å². The maximum absolute atomic E-state index is 11.8. The summed E-state index contributed by atoms with van der Waals surface area (Å²) in [7, 11) is 3.12. The molecule has 2 N–H and O–H groups in total. The first-order valence-electron chi connectivity index (χ1n) is 5.10. The van der Waals surface area contributed by atoms with E-state index in [1.807, 2.05) is 6.92 Å². The number of methoxy groups -OCH3 is 2. The van der Waals surface area contributed by atoms with E-state index in [-0.39, 0.29) is 5.78 Å². The van der Waals surface area contributed by atoms with Gasteiger partial charge in [0.15, 0.2) is 5.78 Å². The van der Waals surface area contributed by atoms with Crippen LogP contribution in [0.5, 0.6) is 11.5 Å². The SMILES string of the molecule is COc1cc(OC)c(C(=O)CCN)cc1C. The highest BCUT2D eigenvalue weighted by Gasteiger charge is 2.14. The second-order valence-corrected chi connectivity index (χ2v) is 3.48. The molecule has 4 nitrogen and oxygen atoms in total. The van der Waals surface area contributed by atoms with E-state index in [0.29, 0.717) is 30.0 Å². The fourth-order valence-corrected chi connectivity index (χ4v) is 1.54. The van der Waals surface area contributed by atoms with Gasteiger partial charge < -0.3 is 15.2 Å². The third-order valence-corrected chi connectivity index (χ3v) is 2.39. The minimum Gasteiger partial charge on any atom is -0.496 e. The highest BCUT2D eigenvalue weighted by molar-refractivity contribution is 5.99. The molecular weight excluding hydrogens is 206 g/mol. The van der Waals surface area contributed by atoms with Gasteiger partial charge in [-0.1, -0.05) is 0 Å². The molecule has 1 rings (SSSR count). The normalized spacial score (nSPS) is 10.0. The van der Waals surface area contributed by atoms with Crippen LogP contribution in [0.4, 0.5) is 0 Å². The lowest BCUT2D eigenvalue weighted by atomic mass is 10.0. The van der Waals surface area contributed by atoms with Crippen LogP contribution in [-0.4, -0.2) is 26.5 Å². The number of hydrogen-bond donors (Lipinski definition) is 1. The molecule has 0 heterocycles. The first kappa shape index (κ1) is 12.5. The molecule has 0 bridgehead atoms. The third kappa shape index (κ3) is 2.52. The number of ether oxygens (including phenoxy) is 2. The standard InChI is InChI=1S/C12H17NO3/c1-8-6-9(10(14)4-5-13)12(16-3)7-11(8)15-2/h6-7H,4-5,13H2,1-3H3. The van der Waals surface area contributed by atoms with Crippen LogP contribution in [-0.2, 0) is 0 Å². The van der Waals surface area contributed by atoms with Crippen molar-refractivity contribution in [1.82, 2.24) is 0 Å². The summed E-state index contributed by atoms with van der Waals surface area (Å²) >= 11 is 0. The fourth-order valence-electron chi connectivity index (χ4n) is 1.54. The molecule has 1 aromatic carbocycles. The zero-order valence-electron chi connectivity index (χ0n) is 9.87. The predicted molar refractivity (Wildman–Crippen MR) is 62.3 cm³/mol. The number of nitrogens with two attached hydrogens (primary N) is 1. The van der Waals surface area contributed by atoms with Crippen LogP contribution in [0, 0.1) is 6.92 Å². The van der Waals surface area contributed by atoms with E-state index in [4.69, 9.17) is 15.2 Å². The molecule has 0 radical (unpaired) electrons. The minimum absolute atomic E-state index is 0.00916. The summed E-state index contributed by atoms with van der Waals surface area (Å²) in [5, 5.41) is 0. The number of rotatable bonds is 5. The van der Waals surface area contributed by atoms with Crippen LogP contribution >= 0.6 is 0 Å². The Morgan fingerprint density at radius 3 is 2.38 bits per heavy atom. The van der Waals surface area contributed by atoms with Gasteiger partial charge in [-0.05, 0) is 25.1 Å². The van der Waals surface area contributed by atoms with E-state index in [0.717, 1.165) is 5.56 Å². The van der Waals surface area contributed by atoms with Crippen molar-refractivity contribution in [1.29, 1.82) is 0 Å². The number of Topliss-reactive ketones (excluding diaryl/α,β-unsaturated/α-hetero) is 1. The molecule has 0 fully saturated rings. The number of ketones is 1. The second-order valence-electron chi connectivity index (χ2n) is 3.48. The smallest absolute Gasteiger partial charge is 0.167 e. The van der Waals surface area contributed by atoms with Crippen LogP contribution in [0.2, 0.25) is 0 Å². The summed E-state index contributed by atoms with van der Waals surface area (Å²) in [5.74, 6) is 1.23. The Morgan fingerprint density at radius 2 is 1.88 bits per heavy atom. The second kappa shape index (κ2) is 5.51. The molecule has 0 unspecified atom stereocenters. The van der Waals surface area contributed by atoms with Crippen LogP contribution in [0.3, 0.4) is 0 Å². The Kier molecular flexibility index (Phi) is 4.31. The highest BCUT2D eigenvalue weighted by atomic mass is 16.5. The van der Waals surface area contributed by atoms with Gasteiger partial charge in [0.2, 0.25) is 0 Å². The van der Waals surface area contributed by atoms with Gasteiger partial charge in [0, 0.05) is 12.5 Å². The Morgan fingerprint density at radius 1 is 1.25 bits per heavy atom. The fraction of sp³-hybridized carbons (Fsp3) is 0.417. The Bertz CT molecular complexity index is 388. The summed E-state index contributed by atoms with van der Waals surface area (Å²) < 4.78 is 10.3. The summed E-state index contributed by atoms with van der Waals surface area (Å²) in [5.41, 5.74) is 6.83. The van der Waals surface area contributed by atoms with Gasteiger partial charge in [-0.3, -0.25) is 4.79 Å². The topological polar surface area (TPSA) is 61.5 Å². The molecule has 16 heavy (non-hydrogen) atoms. The van der Waals surface area contributed by atoms with Crippen molar-refractivity contribution in [3.8, 4) is 11.5 Å². The first-order valence-corrected chi connectivity index (χ1v) is 5.10. The molecule has 0 saturated carbocycles. The van der Waals surface area contributed by atoms with Gasteiger partial charge in [0.1, 0.15) is 11.5 Å². The Hall–Kier alpha value is -1.55. The molecule has 1 aromatic rings. The molecule has 0 aliphatic carbocycles. The molecule has 4 heteroatoms. The van der Waals surface area contributed by atoms with Crippen molar-refractivity contribution in [3.63, 3.8) is 0 Å².